The molecule has 7 heteroatoms. The van der Waals surface area contributed by atoms with E-state index in [1.165, 1.54) is 0 Å². The van der Waals surface area contributed by atoms with Crippen LogP contribution in [-0.4, -0.2) is 48.6 Å². The highest BCUT2D eigenvalue weighted by Crippen LogP contribution is 2.18. The molecule has 2 aromatic rings. The lowest BCUT2D eigenvalue weighted by molar-refractivity contribution is 0.0358. The summed E-state index contributed by atoms with van der Waals surface area (Å²) in [4.78, 5) is 3.13. The van der Waals surface area contributed by atoms with Crippen molar-refractivity contribution in [2.75, 3.05) is 45.2 Å². The second-order valence-corrected chi connectivity index (χ2v) is 7.69. The van der Waals surface area contributed by atoms with Crippen molar-refractivity contribution in [3.8, 4) is 5.75 Å². The van der Waals surface area contributed by atoms with Crippen LogP contribution in [-0.2, 0) is 15.5 Å². The van der Waals surface area contributed by atoms with E-state index in [1.54, 1.807) is 11.5 Å². The van der Waals surface area contributed by atoms with Gasteiger partial charge in [-0.25, -0.2) is 4.21 Å². The fourth-order valence-electron chi connectivity index (χ4n) is 2.85. The van der Waals surface area contributed by atoms with Crippen LogP contribution in [0.4, 0.5) is 5.69 Å². The normalized spacial score (nSPS) is 15.9. The van der Waals surface area contributed by atoms with Crippen molar-refractivity contribution in [2.24, 2.45) is 0 Å². The molecule has 0 radical (unpaired) electrons. The number of nitrogens with two attached hydrogens (primary N) is 1. The fourth-order valence-corrected chi connectivity index (χ4v) is 3.68. The van der Waals surface area contributed by atoms with Gasteiger partial charge < -0.3 is 15.2 Å². The zero-order chi connectivity index (χ0) is 18.9. The average molecular weight is 423 g/mol. The maximum atomic E-state index is 12.4. The summed E-state index contributed by atoms with van der Waals surface area (Å²) < 4.78 is 23.5. The average Bonchev–Trinajstić information content (AvgIpc) is 2.72. The Balaban J connectivity index is 0.00000280. The molecule has 0 spiro atoms. The summed E-state index contributed by atoms with van der Waals surface area (Å²) in [5.41, 5.74) is 7.43. The standard InChI is InChI=1S/C21H26N2O3S.ClH/c22-21-5-2-1-4-18(21)10-17-27(24)20-8-6-19(7-9-20)26-14-3-11-23-12-15-25-16-13-23;/h1-2,4-10,17H,3,11-16,22H2;1H/b17-10+;. The Labute approximate surface area is 175 Å². The summed E-state index contributed by atoms with van der Waals surface area (Å²) in [5.74, 6) is 0.800. The van der Waals surface area contributed by atoms with Gasteiger partial charge in [0.15, 0.2) is 0 Å². The van der Waals surface area contributed by atoms with Gasteiger partial charge in [-0.2, -0.15) is 0 Å². The summed E-state index contributed by atoms with van der Waals surface area (Å²) in [7, 11) is -1.22. The first-order chi connectivity index (χ1) is 13.2. The molecule has 1 aliphatic heterocycles. The molecule has 5 nitrogen and oxygen atoms in total. The van der Waals surface area contributed by atoms with E-state index < -0.39 is 10.8 Å². The van der Waals surface area contributed by atoms with Gasteiger partial charge >= 0.3 is 0 Å². The van der Waals surface area contributed by atoms with Gasteiger partial charge in [0.05, 0.1) is 30.6 Å². The molecule has 0 saturated carbocycles. The number of nitrogens with zero attached hydrogens (tertiary/aromatic N) is 1. The Kier molecular flexibility index (Phi) is 9.50. The second-order valence-electron chi connectivity index (χ2n) is 6.36. The topological polar surface area (TPSA) is 64.8 Å². The molecule has 0 aromatic heterocycles. The highest BCUT2D eigenvalue weighted by molar-refractivity contribution is 7.88. The van der Waals surface area contributed by atoms with Crippen LogP contribution in [0.15, 0.2) is 58.8 Å². The van der Waals surface area contributed by atoms with Gasteiger partial charge in [0, 0.05) is 35.6 Å². The molecule has 3 rings (SSSR count). The third kappa shape index (κ3) is 6.95. The van der Waals surface area contributed by atoms with E-state index in [2.05, 4.69) is 4.90 Å². The summed E-state index contributed by atoms with van der Waals surface area (Å²) in [6.45, 7) is 5.35. The highest BCUT2D eigenvalue weighted by Gasteiger charge is 2.09. The zero-order valence-corrected chi connectivity index (χ0v) is 17.4. The van der Waals surface area contributed by atoms with E-state index in [9.17, 15) is 4.21 Å². The Morgan fingerprint density at radius 3 is 2.54 bits per heavy atom. The molecule has 1 fully saturated rings. The molecule has 2 N–H and O–H groups in total. The molecule has 0 bridgehead atoms. The number of benzene rings is 2. The quantitative estimate of drug-likeness (QED) is 0.520. The van der Waals surface area contributed by atoms with E-state index in [-0.39, 0.29) is 12.4 Å². The van der Waals surface area contributed by atoms with Crippen molar-refractivity contribution in [2.45, 2.75) is 11.3 Å². The predicted molar refractivity (Wildman–Crippen MR) is 117 cm³/mol. The van der Waals surface area contributed by atoms with Crippen molar-refractivity contribution in [3.05, 3.63) is 59.5 Å². The first-order valence-electron chi connectivity index (χ1n) is 9.18. The minimum absolute atomic E-state index is 0. The first-order valence-corrected chi connectivity index (χ1v) is 10.4. The smallest absolute Gasteiger partial charge is 0.119 e. The van der Waals surface area contributed by atoms with E-state index in [0.717, 1.165) is 55.5 Å². The lowest BCUT2D eigenvalue weighted by Crippen LogP contribution is -2.37. The Morgan fingerprint density at radius 1 is 1.11 bits per heavy atom. The molecule has 0 amide bonds. The number of rotatable bonds is 8. The second kappa shape index (κ2) is 11.9. The van der Waals surface area contributed by atoms with Crippen LogP contribution in [0.1, 0.15) is 12.0 Å². The van der Waals surface area contributed by atoms with E-state index >= 15 is 0 Å². The third-order valence-corrected chi connectivity index (χ3v) is 5.53. The van der Waals surface area contributed by atoms with Crippen LogP contribution in [0, 0.1) is 0 Å². The highest BCUT2D eigenvalue weighted by atomic mass is 35.5. The maximum absolute atomic E-state index is 12.4. The van der Waals surface area contributed by atoms with Crippen LogP contribution in [0.25, 0.3) is 6.08 Å². The summed E-state index contributed by atoms with van der Waals surface area (Å²) >= 11 is 0. The molecule has 28 heavy (non-hydrogen) atoms. The minimum atomic E-state index is -1.22. The van der Waals surface area contributed by atoms with Gasteiger partial charge in [-0.1, -0.05) is 18.2 Å². The summed E-state index contributed by atoms with van der Waals surface area (Å²) in [6, 6.07) is 14.9. The van der Waals surface area contributed by atoms with Crippen molar-refractivity contribution < 1.29 is 13.7 Å². The van der Waals surface area contributed by atoms with Gasteiger partial charge in [-0.05, 0) is 48.4 Å². The summed E-state index contributed by atoms with van der Waals surface area (Å²) in [6.07, 6.45) is 2.77. The SMILES string of the molecule is Cl.Nc1ccccc1/C=C/S(=O)c1ccc(OCCCN2CCOCC2)cc1. The number of hydrogen-bond donors (Lipinski definition) is 1. The molecule has 1 aliphatic rings. The van der Waals surface area contributed by atoms with Crippen LogP contribution >= 0.6 is 12.4 Å². The molecular weight excluding hydrogens is 396 g/mol. The van der Waals surface area contributed by atoms with Gasteiger partial charge in [0.1, 0.15) is 5.75 Å². The van der Waals surface area contributed by atoms with Crippen LogP contribution in [0.5, 0.6) is 5.75 Å². The molecule has 1 saturated heterocycles. The number of para-hydroxylation sites is 1. The first kappa shape index (κ1) is 22.4. The molecule has 152 valence electrons. The number of hydrogen-bond acceptors (Lipinski definition) is 5. The zero-order valence-electron chi connectivity index (χ0n) is 15.8. The van der Waals surface area contributed by atoms with E-state index in [4.69, 9.17) is 15.2 Å². The molecule has 2 aromatic carbocycles. The molecule has 1 unspecified atom stereocenters. The monoisotopic (exact) mass is 422 g/mol. The number of nitrogen functional groups attached to an aromatic ring is 1. The number of halogens is 1. The Bertz CT molecular complexity index is 777. The van der Waals surface area contributed by atoms with Gasteiger partial charge in [-0.3, -0.25) is 4.90 Å². The van der Waals surface area contributed by atoms with Crippen LogP contribution in [0.3, 0.4) is 0 Å². The molecular formula is C21H27ClN2O3S. The van der Waals surface area contributed by atoms with E-state index in [1.807, 2.05) is 48.5 Å². The molecule has 1 atom stereocenters. The fraction of sp³-hybridized carbons (Fsp3) is 0.333. The number of morpholine rings is 1. The van der Waals surface area contributed by atoms with Crippen molar-refractivity contribution >= 4 is 35.0 Å². The van der Waals surface area contributed by atoms with Gasteiger partial charge in [0.2, 0.25) is 0 Å². The van der Waals surface area contributed by atoms with Crippen LogP contribution in [0.2, 0.25) is 0 Å². The van der Waals surface area contributed by atoms with Crippen molar-refractivity contribution in [1.82, 2.24) is 4.90 Å². The lowest BCUT2D eigenvalue weighted by Gasteiger charge is -2.26. The maximum Gasteiger partial charge on any atom is 0.119 e. The van der Waals surface area contributed by atoms with Gasteiger partial charge in [-0.15, -0.1) is 12.4 Å². The van der Waals surface area contributed by atoms with Crippen molar-refractivity contribution in [1.29, 1.82) is 0 Å². The van der Waals surface area contributed by atoms with Gasteiger partial charge in [0.25, 0.3) is 0 Å². The minimum Gasteiger partial charge on any atom is -0.494 e. The molecule has 0 aliphatic carbocycles. The Morgan fingerprint density at radius 2 is 1.82 bits per heavy atom. The third-order valence-electron chi connectivity index (χ3n) is 4.41. The number of ether oxygens (including phenoxy) is 2. The van der Waals surface area contributed by atoms with Crippen LogP contribution < -0.4 is 10.5 Å². The van der Waals surface area contributed by atoms with E-state index in [0.29, 0.717) is 12.3 Å². The number of anilines is 1. The van der Waals surface area contributed by atoms with Crippen molar-refractivity contribution in [3.63, 3.8) is 0 Å². The lowest BCUT2D eigenvalue weighted by atomic mass is 10.2. The molecule has 1 heterocycles. The predicted octanol–water partition coefficient (Wildman–Crippen LogP) is 3.57. The largest absolute Gasteiger partial charge is 0.494 e. The Hall–Kier alpha value is -1.86. The summed E-state index contributed by atoms with van der Waals surface area (Å²) in [5, 5.41) is 1.66.